The number of halogens is 1. The van der Waals surface area contributed by atoms with Gasteiger partial charge in [-0.15, -0.1) is 24.0 Å². The van der Waals surface area contributed by atoms with E-state index in [4.69, 9.17) is 9.47 Å². The van der Waals surface area contributed by atoms with Crippen molar-refractivity contribution in [2.45, 2.75) is 63.3 Å². The fraction of sp³-hybridized carbons (Fsp3) is 0.667. The lowest BCUT2D eigenvalue weighted by atomic mass is 9.82. The lowest BCUT2D eigenvalue weighted by Crippen LogP contribution is -2.57. The molecule has 2 fully saturated rings. The molecule has 3 rings (SSSR count). The number of benzene rings is 1. The van der Waals surface area contributed by atoms with Crippen molar-refractivity contribution in [2.75, 3.05) is 27.7 Å². The summed E-state index contributed by atoms with van der Waals surface area (Å²) in [4.78, 5) is 6.99. The fourth-order valence-corrected chi connectivity index (χ4v) is 4.29. The van der Waals surface area contributed by atoms with Gasteiger partial charge >= 0.3 is 0 Å². The zero-order valence-electron chi connectivity index (χ0n) is 17.5. The van der Waals surface area contributed by atoms with E-state index in [0.717, 1.165) is 17.5 Å². The van der Waals surface area contributed by atoms with Gasteiger partial charge in [-0.2, -0.15) is 0 Å². The molecular weight excluding hydrogens is 467 g/mol. The number of methoxy groups -OCH3 is 1. The minimum absolute atomic E-state index is 0. The van der Waals surface area contributed by atoms with Gasteiger partial charge in [0.2, 0.25) is 0 Å². The van der Waals surface area contributed by atoms with Gasteiger partial charge in [0.1, 0.15) is 17.6 Å². The van der Waals surface area contributed by atoms with Crippen LogP contribution in [0, 0.1) is 0 Å². The zero-order valence-corrected chi connectivity index (χ0v) is 19.8. The molecule has 158 valence electrons. The molecule has 3 unspecified atom stereocenters. The van der Waals surface area contributed by atoms with Crippen LogP contribution in [0.25, 0.3) is 0 Å². The molecule has 0 spiro atoms. The summed E-state index contributed by atoms with van der Waals surface area (Å²) in [5, 5.41) is 7.04. The van der Waals surface area contributed by atoms with Crippen LogP contribution in [0.4, 0.5) is 0 Å². The number of ether oxygens (including phenoxy) is 2. The van der Waals surface area contributed by atoms with E-state index in [1.165, 1.54) is 32.1 Å². The van der Waals surface area contributed by atoms with E-state index in [2.05, 4.69) is 34.5 Å². The molecule has 0 aliphatic carbocycles. The molecule has 2 aliphatic rings. The lowest BCUT2D eigenvalue weighted by molar-refractivity contribution is 0.0526. The highest BCUT2D eigenvalue weighted by Gasteiger charge is 2.36. The van der Waals surface area contributed by atoms with E-state index in [-0.39, 0.29) is 30.1 Å². The van der Waals surface area contributed by atoms with Gasteiger partial charge in [-0.3, -0.25) is 4.99 Å². The average Bonchev–Trinajstić information content (AvgIpc) is 2.66. The molecule has 3 atom stereocenters. The van der Waals surface area contributed by atoms with Crippen molar-refractivity contribution >= 4 is 29.9 Å². The van der Waals surface area contributed by atoms with E-state index in [1.807, 2.05) is 31.3 Å². The van der Waals surface area contributed by atoms with Crippen molar-refractivity contribution in [3.05, 3.63) is 24.3 Å². The molecule has 1 aromatic rings. The smallest absolute Gasteiger partial charge is 0.191 e. The molecule has 6 nitrogen and oxygen atoms in total. The van der Waals surface area contributed by atoms with E-state index in [9.17, 15) is 0 Å². The maximum absolute atomic E-state index is 5.97. The summed E-state index contributed by atoms with van der Waals surface area (Å²) in [6, 6.07) is 9.61. The Labute approximate surface area is 186 Å². The Hall–Kier alpha value is -1.22. The van der Waals surface area contributed by atoms with Crippen LogP contribution < -0.4 is 20.1 Å². The number of piperidine rings is 2. The standard InChI is InChI=1S/C21H34N4O2.HI/c1-15(27-20-10-8-19(26-4)9-11-20)14-23-21(22-2)24-16-12-17-6-5-7-18(13-16)25(17)3;/h8-11,15-18H,5-7,12-14H2,1-4H3,(H2,22,23,24);1H. The molecule has 2 heterocycles. The third kappa shape index (κ3) is 6.14. The monoisotopic (exact) mass is 502 g/mol. The Bertz CT molecular complexity index is 611. The van der Waals surface area contributed by atoms with E-state index < -0.39 is 0 Å². The highest BCUT2D eigenvalue weighted by atomic mass is 127. The van der Waals surface area contributed by atoms with Gasteiger partial charge in [-0.25, -0.2) is 0 Å². The Morgan fingerprint density at radius 3 is 2.36 bits per heavy atom. The molecule has 0 amide bonds. The van der Waals surface area contributed by atoms with Crippen LogP contribution in [0.1, 0.15) is 39.0 Å². The maximum Gasteiger partial charge on any atom is 0.191 e. The number of fused-ring (bicyclic) bond motifs is 2. The molecule has 2 bridgehead atoms. The van der Waals surface area contributed by atoms with Gasteiger partial charge < -0.3 is 25.0 Å². The largest absolute Gasteiger partial charge is 0.497 e. The van der Waals surface area contributed by atoms with Crippen LogP contribution >= 0.6 is 24.0 Å². The van der Waals surface area contributed by atoms with E-state index in [0.29, 0.717) is 24.7 Å². The molecule has 2 N–H and O–H groups in total. The van der Waals surface area contributed by atoms with Gasteiger partial charge in [0.15, 0.2) is 5.96 Å². The first kappa shape index (κ1) is 23.1. The van der Waals surface area contributed by atoms with Crippen molar-refractivity contribution in [2.24, 2.45) is 4.99 Å². The van der Waals surface area contributed by atoms with Crippen molar-refractivity contribution in [3.8, 4) is 11.5 Å². The topological polar surface area (TPSA) is 58.1 Å². The number of guanidine groups is 1. The second kappa shape index (κ2) is 11.1. The number of rotatable bonds is 6. The Kier molecular flexibility index (Phi) is 9.14. The van der Waals surface area contributed by atoms with Crippen LogP contribution in [0.2, 0.25) is 0 Å². The molecule has 0 radical (unpaired) electrons. The molecule has 2 saturated heterocycles. The Balaban J connectivity index is 0.00000280. The molecule has 1 aromatic carbocycles. The van der Waals surface area contributed by atoms with Crippen LogP contribution in [0.3, 0.4) is 0 Å². The zero-order chi connectivity index (χ0) is 19.2. The lowest BCUT2D eigenvalue weighted by Gasteiger charge is -2.47. The van der Waals surface area contributed by atoms with Crippen molar-refractivity contribution < 1.29 is 9.47 Å². The normalized spacial score (nSPS) is 26.0. The van der Waals surface area contributed by atoms with Gasteiger partial charge in [0.05, 0.1) is 13.7 Å². The molecule has 28 heavy (non-hydrogen) atoms. The predicted molar refractivity (Wildman–Crippen MR) is 125 cm³/mol. The summed E-state index contributed by atoms with van der Waals surface area (Å²) < 4.78 is 11.1. The molecule has 0 aromatic heterocycles. The van der Waals surface area contributed by atoms with Crippen LogP contribution in [0.15, 0.2) is 29.3 Å². The third-order valence-electron chi connectivity index (χ3n) is 5.86. The summed E-state index contributed by atoms with van der Waals surface area (Å²) in [6.45, 7) is 2.76. The summed E-state index contributed by atoms with van der Waals surface area (Å²) in [6.07, 6.45) is 6.46. The highest BCUT2D eigenvalue weighted by molar-refractivity contribution is 14.0. The third-order valence-corrected chi connectivity index (χ3v) is 5.86. The van der Waals surface area contributed by atoms with Crippen LogP contribution in [-0.4, -0.2) is 62.8 Å². The van der Waals surface area contributed by atoms with E-state index >= 15 is 0 Å². The molecule has 7 heteroatoms. The Morgan fingerprint density at radius 1 is 1.18 bits per heavy atom. The average molecular weight is 502 g/mol. The van der Waals surface area contributed by atoms with Crippen molar-refractivity contribution in [3.63, 3.8) is 0 Å². The van der Waals surface area contributed by atoms with Crippen molar-refractivity contribution in [1.82, 2.24) is 15.5 Å². The summed E-state index contributed by atoms with van der Waals surface area (Å²) in [5.74, 6) is 2.55. The Morgan fingerprint density at radius 2 is 1.79 bits per heavy atom. The predicted octanol–water partition coefficient (Wildman–Crippen LogP) is 3.26. The summed E-state index contributed by atoms with van der Waals surface area (Å²) in [5.41, 5.74) is 0. The number of hydrogen-bond acceptors (Lipinski definition) is 4. The summed E-state index contributed by atoms with van der Waals surface area (Å²) >= 11 is 0. The van der Waals surface area contributed by atoms with Crippen LogP contribution in [-0.2, 0) is 0 Å². The quantitative estimate of drug-likeness (QED) is 0.356. The maximum atomic E-state index is 5.97. The van der Waals surface area contributed by atoms with Gasteiger partial charge in [-0.05, 0) is 63.9 Å². The number of aliphatic imine (C=N–C) groups is 1. The first-order valence-corrected chi connectivity index (χ1v) is 10.1. The molecular formula is C21H35IN4O2. The van der Waals surface area contributed by atoms with E-state index in [1.54, 1.807) is 7.11 Å². The number of hydrogen-bond donors (Lipinski definition) is 2. The minimum Gasteiger partial charge on any atom is -0.497 e. The highest BCUT2D eigenvalue weighted by Crippen LogP contribution is 2.32. The minimum atomic E-state index is 0. The SMILES string of the molecule is CN=C(NCC(C)Oc1ccc(OC)cc1)NC1CC2CCCC(C1)N2C.I. The van der Waals surface area contributed by atoms with Crippen molar-refractivity contribution in [1.29, 1.82) is 0 Å². The van der Waals surface area contributed by atoms with Gasteiger partial charge in [0, 0.05) is 25.2 Å². The van der Waals surface area contributed by atoms with Gasteiger partial charge in [-0.1, -0.05) is 6.42 Å². The molecule has 2 aliphatic heterocycles. The summed E-state index contributed by atoms with van der Waals surface area (Å²) in [7, 11) is 5.79. The molecule has 0 saturated carbocycles. The first-order valence-electron chi connectivity index (χ1n) is 10.1. The second-order valence-electron chi connectivity index (χ2n) is 7.77. The second-order valence-corrected chi connectivity index (χ2v) is 7.77. The number of nitrogens with zero attached hydrogens (tertiary/aromatic N) is 2. The van der Waals surface area contributed by atoms with Gasteiger partial charge in [0.25, 0.3) is 0 Å². The first-order chi connectivity index (χ1) is 13.1. The van der Waals surface area contributed by atoms with Crippen LogP contribution in [0.5, 0.6) is 11.5 Å². The number of nitrogens with one attached hydrogen (secondary N) is 2. The fourth-order valence-electron chi connectivity index (χ4n) is 4.29.